The Bertz CT molecular complexity index is 500. The van der Waals surface area contributed by atoms with Crippen LogP contribution < -0.4 is 4.74 Å². The number of halogens is 1. The number of rotatable bonds is 7. The Morgan fingerprint density at radius 1 is 1.22 bits per heavy atom. The summed E-state index contributed by atoms with van der Waals surface area (Å²) < 4.78 is 37.7. The second kappa shape index (κ2) is 6.29. The molecule has 100 valence electrons. The third-order valence-corrected chi connectivity index (χ3v) is 2.88. The minimum atomic E-state index is -4.41. The van der Waals surface area contributed by atoms with E-state index in [2.05, 4.69) is 0 Å². The van der Waals surface area contributed by atoms with Gasteiger partial charge in [0.05, 0.1) is 17.3 Å². The molecule has 0 atom stereocenters. The zero-order valence-electron chi connectivity index (χ0n) is 9.41. The molecule has 0 unspecified atom stereocenters. The van der Waals surface area contributed by atoms with Crippen molar-refractivity contribution >= 4 is 15.9 Å². The first-order valence-corrected chi connectivity index (χ1v) is 6.73. The number of hydrogen-bond donors (Lipinski definition) is 0. The normalized spacial score (nSPS) is 11.2. The Morgan fingerprint density at radius 3 is 2.33 bits per heavy atom. The Kier molecular flexibility index (Phi) is 5.02. The van der Waals surface area contributed by atoms with Crippen molar-refractivity contribution in [3.63, 3.8) is 0 Å². The van der Waals surface area contributed by atoms with E-state index in [0.717, 1.165) is 0 Å². The molecular weight excluding hydrogens is 265 g/mol. The number of hydrogen-bond acceptors (Lipinski definition) is 5. The van der Waals surface area contributed by atoms with Crippen LogP contribution in [0.5, 0.6) is 5.75 Å². The zero-order chi connectivity index (χ0) is 13.6. The summed E-state index contributed by atoms with van der Waals surface area (Å²) in [5.41, 5.74) is -0.0362. The molecule has 0 aromatic heterocycles. The molecule has 6 nitrogen and oxygen atoms in total. The molecule has 0 saturated carbocycles. The molecule has 0 heterocycles. The smallest absolute Gasteiger partial charge is 0.302 e. The molecule has 0 N–H and O–H groups in total. The van der Waals surface area contributed by atoms with E-state index in [1.165, 1.54) is 24.3 Å². The van der Waals surface area contributed by atoms with E-state index < -0.39 is 20.9 Å². The SMILES string of the molecule is O=[N+]([O-])c1ccc(OCCCCS(=O)(=O)F)cc1. The van der Waals surface area contributed by atoms with Crippen LogP contribution in [-0.4, -0.2) is 25.7 Å². The summed E-state index contributed by atoms with van der Waals surface area (Å²) in [4.78, 5) is 9.86. The molecule has 0 saturated heterocycles. The summed E-state index contributed by atoms with van der Waals surface area (Å²) in [6, 6.07) is 5.51. The summed E-state index contributed by atoms with van der Waals surface area (Å²) in [7, 11) is -4.41. The highest BCUT2D eigenvalue weighted by Gasteiger charge is 2.06. The van der Waals surface area contributed by atoms with Crippen LogP contribution >= 0.6 is 0 Å². The highest BCUT2D eigenvalue weighted by atomic mass is 32.3. The number of non-ortho nitro benzene ring substituents is 1. The van der Waals surface area contributed by atoms with E-state index in [9.17, 15) is 22.4 Å². The van der Waals surface area contributed by atoms with E-state index in [0.29, 0.717) is 12.2 Å². The van der Waals surface area contributed by atoms with Crippen molar-refractivity contribution in [2.24, 2.45) is 0 Å². The lowest BCUT2D eigenvalue weighted by Crippen LogP contribution is -2.03. The van der Waals surface area contributed by atoms with Gasteiger partial charge < -0.3 is 4.74 Å². The third-order valence-electron chi connectivity index (χ3n) is 2.10. The number of unbranched alkanes of at least 4 members (excludes halogenated alkanes) is 1. The Balaban J connectivity index is 2.29. The van der Waals surface area contributed by atoms with Gasteiger partial charge in [-0.2, -0.15) is 8.42 Å². The molecule has 0 bridgehead atoms. The summed E-state index contributed by atoms with van der Waals surface area (Å²) in [5.74, 6) is -0.0694. The van der Waals surface area contributed by atoms with Crippen LogP contribution in [0.15, 0.2) is 24.3 Å². The maximum Gasteiger partial charge on any atom is 0.302 e. The lowest BCUT2D eigenvalue weighted by molar-refractivity contribution is -0.384. The van der Waals surface area contributed by atoms with Gasteiger partial charge in [0.25, 0.3) is 5.69 Å². The lowest BCUT2D eigenvalue weighted by Gasteiger charge is -2.04. The minimum Gasteiger partial charge on any atom is -0.494 e. The van der Waals surface area contributed by atoms with Gasteiger partial charge >= 0.3 is 10.2 Å². The second-order valence-corrected chi connectivity index (χ2v) is 5.04. The van der Waals surface area contributed by atoms with Crippen LogP contribution in [0.3, 0.4) is 0 Å². The first-order valence-electron chi connectivity index (χ1n) is 5.18. The topological polar surface area (TPSA) is 86.5 Å². The monoisotopic (exact) mass is 277 g/mol. The van der Waals surface area contributed by atoms with Crippen molar-refractivity contribution in [3.05, 3.63) is 34.4 Å². The Hall–Kier alpha value is -1.70. The van der Waals surface area contributed by atoms with Crippen LogP contribution in [0.4, 0.5) is 9.57 Å². The van der Waals surface area contributed by atoms with Gasteiger partial charge in [-0.1, -0.05) is 0 Å². The molecule has 0 aliphatic heterocycles. The number of ether oxygens (including phenoxy) is 1. The molecule has 18 heavy (non-hydrogen) atoms. The van der Waals surface area contributed by atoms with Crippen LogP contribution in [0, 0.1) is 10.1 Å². The fraction of sp³-hybridized carbons (Fsp3) is 0.400. The van der Waals surface area contributed by atoms with Crippen molar-refractivity contribution in [3.8, 4) is 5.75 Å². The number of nitrogens with zero attached hydrogens (tertiary/aromatic N) is 1. The Morgan fingerprint density at radius 2 is 1.83 bits per heavy atom. The van der Waals surface area contributed by atoms with Crippen molar-refractivity contribution in [1.82, 2.24) is 0 Å². The quantitative estimate of drug-likeness (QED) is 0.329. The van der Waals surface area contributed by atoms with Crippen molar-refractivity contribution in [1.29, 1.82) is 0 Å². The molecule has 8 heteroatoms. The van der Waals surface area contributed by atoms with Gasteiger partial charge in [0.2, 0.25) is 0 Å². The molecule has 0 aliphatic carbocycles. The summed E-state index contributed by atoms with van der Waals surface area (Å²) in [6.07, 6.45) is 0.561. The molecule has 1 rings (SSSR count). The summed E-state index contributed by atoms with van der Waals surface area (Å²) in [6.45, 7) is 0.229. The van der Waals surface area contributed by atoms with Gasteiger partial charge in [0.1, 0.15) is 5.75 Å². The molecule has 1 aromatic rings. The van der Waals surface area contributed by atoms with Crippen molar-refractivity contribution in [2.75, 3.05) is 12.4 Å². The van der Waals surface area contributed by atoms with Gasteiger partial charge in [-0.15, -0.1) is 3.89 Å². The Labute approximate surface area is 104 Å². The molecule has 0 radical (unpaired) electrons. The number of nitro benzene ring substituents is 1. The standard InChI is InChI=1S/C10H12FNO5S/c11-18(15,16)8-2-1-7-17-10-5-3-9(4-6-10)12(13)14/h3-6H,1-2,7-8H2. The fourth-order valence-corrected chi connectivity index (χ4v) is 1.78. The molecule has 0 aliphatic rings. The summed E-state index contributed by atoms with van der Waals surface area (Å²) >= 11 is 0. The lowest BCUT2D eigenvalue weighted by atomic mass is 10.3. The van der Waals surface area contributed by atoms with E-state index in [1.54, 1.807) is 0 Å². The van der Waals surface area contributed by atoms with Crippen LogP contribution in [0.2, 0.25) is 0 Å². The zero-order valence-corrected chi connectivity index (χ0v) is 10.2. The van der Waals surface area contributed by atoms with Crippen molar-refractivity contribution < 1.29 is 22.0 Å². The van der Waals surface area contributed by atoms with E-state index >= 15 is 0 Å². The predicted octanol–water partition coefficient (Wildman–Crippen LogP) is 2.05. The minimum absolute atomic E-state index is 0.0362. The van der Waals surface area contributed by atoms with Crippen LogP contribution in [0.1, 0.15) is 12.8 Å². The second-order valence-electron chi connectivity index (χ2n) is 3.55. The average molecular weight is 277 g/mol. The van der Waals surface area contributed by atoms with Gasteiger partial charge in [-0.05, 0) is 25.0 Å². The predicted molar refractivity (Wildman–Crippen MR) is 62.7 cm³/mol. The summed E-state index contributed by atoms with van der Waals surface area (Å²) in [5, 5.41) is 10.4. The first kappa shape index (κ1) is 14.4. The first-order chi connectivity index (χ1) is 8.38. The van der Waals surface area contributed by atoms with E-state index in [-0.39, 0.29) is 18.7 Å². The van der Waals surface area contributed by atoms with E-state index in [1.807, 2.05) is 0 Å². The van der Waals surface area contributed by atoms with Gasteiger partial charge in [-0.25, -0.2) is 0 Å². The third kappa shape index (κ3) is 5.58. The molecular formula is C10H12FNO5S. The number of nitro groups is 1. The average Bonchev–Trinajstić information content (AvgIpc) is 2.27. The molecule has 0 spiro atoms. The fourth-order valence-electron chi connectivity index (χ4n) is 1.23. The highest BCUT2D eigenvalue weighted by molar-refractivity contribution is 7.86. The maximum atomic E-state index is 12.1. The van der Waals surface area contributed by atoms with Gasteiger partial charge in [-0.3, -0.25) is 10.1 Å². The number of benzene rings is 1. The highest BCUT2D eigenvalue weighted by Crippen LogP contribution is 2.17. The molecule has 0 amide bonds. The van der Waals surface area contributed by atoms with Crippen LogP contribution in [0.25, 0.3) is 0 Å². The molecule has 0 fully saturated rings. The van der Waals surface area contributed by atoms with Gasteiger partial charge in [0, 0.05) is 12.1 Å². The van der Waals surface area contributed by atoms with Gasteiger partial charge in [0.15, 0.2) is 0 Å². The largest absolute Gasteiger partial charge is 0.494 e. The van der Waals surface area contributed by atoms with Crippen LogP contribution in [-0.2, 0) is 10.2 Å². The maximum absolute atomic E-state index is 12.1. The van der Waals surface area contributed by atoms with E-state index in [4.69, 9.17) is 4.74 Å². The molecule has 1 aromatic carbocycles. The van der Waals surface area contributed by atoms with Crippen molar-refractivity contribution in [2.45, 2.75) is 12.8 Å².